The summed E-state index contributed by atoms with van der Waals surface area (Å²) in [7, 11) is 2.61. The highest BCUT2D eigenvalue weighted by molar-refractivity contribution is 7.12. The molecule has 6 aliphatic heterocycles. The van der Waals surface area contributed by atoms with Crippen molar-refractivity contribution < 1.29 is 47.0 Å². The molecule has 5 N–H and O–H groups in total. The highest BCUT2D eigenvalue weighted by atomic mass is 35.5. The van der Waals surface area contributed by atoms with Crippen molar-refractivity contribution >= 4 is 110 Å². The Bertz CT molecular complexity index is 3990. The van der Waals surface area contributed by atoms with E-state index < -0.39 is 41.7 Å². The number of nitrogens with zero attached hydrogens (tertiary/aromatic N) is 10. The third-order valence-corrected chi connectivity index (χ3v) is 19.4. The Hall–Kier alpha value is -8.50. The van der Waals surface area contributed by atoms with Crippen LogP contribution in [0.2, 0.25) is 10.0 Å². The first-order chi connectivity index (χ1) is 45.2. The molecular formula is C66H70Cl2F2N14O8S2. The average Bonchev–Trinajstić information content (AvgIpc) is 1.40. The largest absolute Gasteiger partial charge is 0.466 e. The number of ether oxygens (including phenoxy) is 2. The molecule has 4 aromatic carbocycles. The summed E-state index contributed by atoms with van der Waals surface area (Å²) in [5.74, 6) is -0.979. The zero-order chi connectivity index (χ0) is 66.6. The number of aliphatic imine (C=N–C) groups is 2. The second-order valence-electron chi connectivity index (χ2n) is 23.9. The van der Waals surface area contributed by atoms with Gasteiger partial charge in [-0.2, -0.15) is 0 Å². The number of halogens is 4. The van der Waals surface area contributed by atoms with Crippen LogP contribution in [0.1, 0.15) is 78.9 Å². The number of nitrogens with one attached hydrogen (secondary N) is 3. The molecule has 6 aromatic rings. The van der Waals surface area contributed by atoms with Crippen LogP contribution in [0.3, 0.4) is 0 Å². The van der Waals surface area contributed by atoms with E-state index in [0.717, 1.165) is 22.6 Å². The molecule has 28 heteroatoms. The molecule has 12 rings (SSSR count). The Morgan fingerprint density at radius 3 is 1.49 bits per heavy atom. The molecule has 492 valence electrons. The van der Waals surface area contributed by atoms with Gasteiger partial charge in [0.1, 0.15) is 29.5 Å². The molecular weight excluding hydrogens is 1290 g/mol. The number of benzene rings is 4. The summed E-state index contributed by atoms with van der Waals surface area (Å²) in [6, 6.07) is 20.4. The first-order valence-electron chi connectivity index (χ1n) is 30.5. The molecule has 6 aliphatic rings. The Morgan fingerprint density at radius 2 is 1.11 bits per heavy atom. The number of urea groups is 2. The number of carbonyl (C=O) groups is 6. The first-order valence-corrected chi connectivity index (χ1v) is 33.0. The quantitative estimate of drug-likeness (QED) is 0.0552. The monoisotopic (exact) mass is 1360 g/mol. The van der Waals surface area contributed by atoms with Crippen LogP contribution in [-0.2, 0) is 28.7 Å². The van der Waals surface area contributed by atoms with E-state index in [0.29, 0.717) is 110 Å². The van der Waals surface area contributed by atoms with Gasteiger partial charge in [0, 0.05) is 151 Å². The van der Waals surface area contributed by atoms with Crippen LogP contribution in [0.5, 0.6) is 0 Å². The fraction of sp³-hybridized carbons (Fsp3) is 0.364. The Labute approximate surface area is 560 Å². The molecule has 0 saturated carbocycles. The summed E-state index contributed by atoms with van der Waals surface area (Å²) < 4.78 is 38.4. The van der Waals surface area contributed by atoms with Crippen molar-refractivity contribution in [2.24, 2.45) is 21.6 Å². The molecule has 8 heterocycles. The third-order valence-electron chi connectivity index (χ3n) is 17.2. The third kappa shape index (κ3) is 14.6. The van der Waals surface area contributed by atoms with Crippen LogP contribution in [0.4, 0.5) is 35.4 Å². The number of carbonyl (C=O) groups excluding carboxylic acids is 6. The van der Waals surface area contributed by atoms with Crippen molar-refractivity contribution in [2.45, 2.75) is 70.4 Å². The van der Waals surface area contributed by atoms with Gasteiger partial charge in [-0.15, -0.1) is 22.7 Å². The number of methoxy groups -OCH3 is 2. The molecule has 4 saturated heterocycles. The number of fused-ring (bicyclic) bond motifs is 2. The van der Waals surface area contributed by atoms with Crippen molar-refractivity contribution in [3.63, 3.8) is 0 Å². The van der Waals surface area contributed by atoms with E-state index in [1.807, 2.05) is 82.9 Å². The first kappa shape index (κ1) is 66.9. The molecule has 0 spiro atoms. The summed E-state index contributed by atoms with van der Waals surface area (Å²) >= 11 is 15.8. The number of amides is 4. The molecule has 0 bridgehead atoms. The topological polar surface area (TPSA) is 253 Å². The number of aromatic nitrogens is 2. The van der Waals surface area contributed by atoms with Gasteiger partial charge in [-0.25, -0.2) is 37.9 Å². The predicted molar refractivity (Wildman–Crippen MR) is 357 cm³/mol. The van der Waals surface area contributed by atoms with Gasteiger partial charge < -0.3 is 41.0 Å². The molecule has 0 aliphatic carbocycles. The Balaban J connectivity index is 0.000000192. The molecule has 6 atom stereocenters. The van der Waals surface area contributed by atoms with Gasteiger partial charge in [0.05, 0.1) is 43.5 Å². The van der Waals surface area contributed by atoms with Crippen molar-refractivity contribution in [3.05, 3.63) is 179 Å². The standard InChI is InChI=1S/C34H37ClFN7O4S.C32H33ClFN7O4S/c1-19(2)29(20(3)44)38-22-6-8-23(9-7-22)43-17-24-16-41(12-13-42(24)34(43)46)18-27-28(33(45)47-4)30(25-10-5-21(36)15-26(25)35)40-31(39-27)32-37-11-14-48-32;1-18(42)13-25(35)19-3-6-21(7-4-19)41-16-22-15-39(10-11-40(22)32(41)44)17-26-27(31(43)45-2)28(23-8-5-20(34)14-24(23)33)38-29(37-26)30-36-9-12-46-30/h5-11,14-15,19,24,29-30,38H,12-13,16-18H2,1-4H3,(H,39,40);3-9,12,14,22,25,28H,10-11,13,15-17,35H2,1-2H3,(H,37,38)/t24-,29-,30-;22-,25?,28-/m00/s1. The molecule has 4 fully saturated rings. The van der Waals surface area contributed by atoms with E-state index in [-0.39, 0.29) is 75.3 Å². The smallest absolute Gasteiger partial charge is 0.338 e. The maximum absolute atomic E-state index is 14.0. The minimum atomic E-state index is -0.855. The molecule has 0 radical (unpaired) electrons. The fourth-order valence-electron chi connectivity index (χ4n) is 12.6. The van der Waals surface area contributed by atoms with Crippen LogP contribution in [0, 0.1) is 17.6 Å². The van der Waals surface area contributed by atoms with Gasteiger partial charge in [0.2, 0.25) is 0 Å². The van der Waals surface area contributed by atoms with E-state index in [1.54, 1.807) is 29.1 Å². The van der Waals surface area contributed by atoms with Crippen LogP contribution >= 0.6 is 45.9 Å². The molecule has 2 aromatic heterocycles. The zero-order valence-corrected chi connectivity index (χ0v) is 55.5. The lowest BCUT2D eigenvalue weighted by molar-refractivity contribution is -0.137. The van der Waals surface area contributed by atoms with Gasteiger partial charge in [-0.1, -0.05) is 61.3 Å². The summed E-state index contributed by atoms with van der Waals surface area (Å²) in [5.41, 5.74) is 12.0. The lowest BCUT2D eigenvalue weighted by atomic mass is 9.95. The van der Waals surface area contributed by atoms with Gasteiger partial charge in [0.15, 0.2) is 27.5 Å². The number of rotatable bonds is 19. The van der Waals surface area contributed by atoms with E-state index >= 15 is 0 Å². The van der Waals surface area contributed by atoms with Crippen molar-refractivity contribution in [1.29, 1.82) is 0 Å². The normalized spacial score (nSPS) is 20.6. The van der Waals surface area contributed by atoms with Crippen molar-refractivity contribution in [1.82, 2.24) is 40.2 Å². The number of esters is 2. The number of ketones is 2. The Morgan fingerprint density at radius 1 is 0.660 bits per heavy atom. The highest BCUT2D eigenvalue weighted by Crippen LogP contribution is 2.40. The van der Waals surface area contributed by atoms with Crippen LogP contribution in [0.15, 0.2) is 141 Å². The van der Waals surface area contributed by atoms with Gasteiger partial charge in [-0.05, 0) is 86.0 Å². The van der Waals surface area contributed by atoms with E-state index in [1.165, 1.54) is 80.2 Å². The minimum Gasteiger partial charge on any atom is -0.466 e. The highest BCUT2D eigenvalue weighted by Gasteiger charge is 2.45. The van der Waals surface area contributed by atoms with Crippen LogP contribution in [-0.4, -0.2) is 175 Å². The average molecular weight is 1360 g/mol. The van der Waals surface area contributed by atoms with Crippen molar-refractivity contribution in [3.8, 4) is 0 Å². The Kier molecular flexibility index (Phi) is 20.7. The molecule has 22 nitrogen and oxygen atoms in total. The number of anilines is 3. The number of hydrogen-bond donors (Lipinski definition) is 4. The maximum Gasteiger partial charge on any atom is 0.338 e. The predicted octanol–water partition coefficient (Wildman–Crippen LogP) is 9.16. The SMILES string of the molecule is COC(=O)C1=C(CN2CCN3C(=O)N(c4ccc(C(N)CC(C)=O)cc4)C[C@@H]3C2)NC(c2nccs2)=N[C@H]1c1ccc(F)cc1Cl.COC(=O)C1=C(CN2CCN3C(=O)N(c4ccc(N[C@H](C(C)=O)C(C)C)cc4)C[C@@H]3C2)NC(c2nccs2)=N[C@H]1c1ccc(F)cc1Cl. The number of piperazine rings is 2. The lowest BCUT2D eigenvalue weighted by Crippen LogP contribution is -2.53. The fourth-order valence-corrected chi connectivity index (χ4v) is 14.3. The summed E-state index contributed by atoms with van der Waals surface area (Å²) in [4.78, 5) is 107. The van der Waals surface area contributed by atoms with Crippen molar-refractivity contribution in [2.75, 3.05) is 94.8 Å². The zero-order valence-electron chi connectivity index (χ0n) is 52.4. The molecule has 94 heavy (non-hydrogen) atoms. The number of thiazole rings is 2. The van der Waals surface area contributed by atoms with Gasteiger partial charge >= 0.3 is 24.0 Å². The minimum absolute atomic E-state index is 0.0205. The summed E-state index contributed by atoms with van der Waals surface area (Å²) in [6.07, 6.45) is 3.59. The number of hydrogen-bond acceptors (Lipinski definition) is 20. The number of nitrogens with two attached hydrogens (primary N) is 1. The lowest BCUT2D eigenvalue weighted by Gasteiger charge is -2.38. The second-order valence-corrected chi connectivity index (χ2v) is 26.5. The van der Waals surface area contributed by atoms with E-state index in [9.17, 15) is 37.5 Å². The number of amidine groups is 2. The second kappa shape index (κ2) is 29.0. The number of Topliss-reactive ketones (excluding diaryl/α,β-unsaturated/α-hetero) is 2. The van der Waals surface area contributed by atoms with Gasteiger partial charge in [0.25, 0.3) is 0 Å². The van der Waals surface area contributed by atoms with E-state index in [4.69, 9.17) is 48.4 Å². The molecule has 1 unspecified atom stereocenters. The van der Waals surface area contributed by atoms with Gasteiger partial charge in [-0.3, -0.25) is 39.2 Å². The summed E-state index contributed by atoms with van der Waals surface area (Å²) in [6.45, 7) is 12.1. The van der Waals surface area contributed by atoms with Crippen LogP contribution < -0.4 is 31.5 Å². The van der Waals surface area contributed by atoms with E-state index in [2.05, 4.69) is 35.7 Å². The van der Waals surface area contributed by atoms with Crippen LogP contribution in [0.25, 0.3) is 0 Å². The summed E-state index contributed by atoms with van der Waals surface area (Å²) in [5, 5.41) is 15.2. The maximum atomic E-state index is 14.0. The molecule has 4 amide bonds.